The molecule has 2 heterocycles. The van der Waals surface area contributed by atoms with Crippen molar-refractivity contribution in [2.24, 2.45) is 11.8 Å². The van der Waals surface area contributed by atoms with Gasteiger partial charge in [0.25, 0.3) is 0 Å². The van der Waals surface area contributed by atoms with E-state index in [0.717, 1.165) is 16.7 Å². The van der Waals surface area contributed by atoms with Crippen molar-refractivity contribution in [2.75, 3.05) is 5.73 Å². The number of imidazole rings is 1. The molecular formula is C16H24N4. The summed E-state index contributed by atoms with van der Waals surface area (Å²) < 4.78 is 2.20. The molecule has 20 heavy (non-hydrogen) atoms. The highest BCUT2D eigenvalue weighted by atomic mass is 15.2. The highest BCUT2D eigenvalue weighted by Crippen LogP contribution is 2.41. The summed E-state index contributed by atoms with van der Waals surface area (Å²) in [7, 11) is 0. The van der Waals surface area contributed by atoms with Gasteiger partial charge in [0.05, 0.1) is 0 Å². The van der Waals surface area contributed by atoms with Crippen LogP contribution < -0.4 is 5.73 Å². The van der Waals surface area contributed by atoms with E-state index in [2.05, 4.69) is 35.3 Å². The van der Waals surface area contributed by atoms with E-state index in [1.54, 1.807) is 0 Å². The van der Waals surface area contributed by atoms with E-state index in [-0.39, 0.29) is 0 Å². The fraction of sp³-hybridized carbons (Fsp3) is 0.625. The zero-order valence-corrected chi connectivity index (χ0v) is 12.6. The summed E-state index contributed by atoms with van der Waals surface area (Å²) in [5.41, 5.74) is 9.29. The van der Waals surface area contributed by atoms with Crippen molar-refractivity contribution in [1.82, 2.24) is 14.5 Å². The number of hydrogen-bond donors (Lipinski definition) is 1. The standard InChI is InChI=1S/C16H24N4/c1-10(2)12-6-4-5-7-13(12)20-15-14(19-16(20)17)11(3)8-9-18-15/h8-10,12-13H,4-7H2,1-3H3,(H2,17,19). The average molecular weight is 272 g/mol. The van der Waals surface area contributed by atoms with Gasteiger partial charge in [0, 0.05) is 12.2 Å². The third kappa shape index (κ3) is 2.07. The van der Waals surface area contributed by atoms with Gasteiger partial charge in [-0.15, -0.1) is 0 Å². The first kappa shape index (κ1) is 13.4. The van der Waals surface area contributed by atoms with Crippen molar-refractivity contribution in [3.05, 3.63) is 17.8 Å². The van der Waals surface area contributed by atoms with Gasteiger partial charge in [0.15, 0.2) is 5.65 Å². The Kier molecular flexibility index (Phi) is 3.40. The Morgan fingerprint density at radius 2 is 2.05 bits per heavy atom. The van der Waals surface area contributed by atoms with Crippen LogP contribution in [-0.4, -0.2) is 14.5 Å². The van der Waals surface area contributed by atoms with Gasteiger partial charge < -0.3 is 5.73 Å². The molecular weight excluding hydrogens is 248 g/mol. The molecule has 2 aromatic heterocycles. The first-order valence-electron chi connectivity index (χ1n) is 7.68. The van der Waals surface area contributed by atoms with E-state index >= 15 is 0 Å². The van der Waals surface area contributed by atoms with Crippen LogP contribution in [0.4, 0.5) is 5.95 Å². The number of nitrogen functional groups attached to an aromatic ring is 1. The Bertz CT molecular complexity index is 614. The van der Waals surface area contributed by atoms with Crippen LogP contribution in [0.25, 0.3) is 11.2 Å². The molecule has 1 aliphatic rings. The third-order valence-corrected chi connectivity index (χ3v) is 4.78. The number of fused-ring (bicyclic) bond motifs is 1. The van der Waals surface area contributed by atoms with Crippen molar-refractivity contribution in [2.45, 2.75) is 52.5 Å². The number of aromatic nitrogens is 3. The van der Waals surface area contributed by atoms with E-state index in [0.29, 0.717) is 23.8 Å². The van der Waals surface area contributed by atoms with Gasteiger partial charge in [0.2, 0.25) is 5.95 Å². The summed E-state index contributed by atoms with van der Waals surface area (Å²) in [6.45, 7) is 6.70. The summed E-state index contributed by atoms with van der Waals surface area (Å²) in [5.74, 6) is 1.96. The molecule has 0 aliphatic heterocycles. The SMILES string of the molecule is Cc1ccnc2c1nc(N)n2C1CCCCC1C(C)C. The zero-order valence-electron chi connectivity index (χ0n) is 12.6. The number of nitrogens with two attached hydrogens (primary N) is 1. The van der Waals surface area contributed by atoms with Crippen LogP contribution >= 0.6 is 0 Å². The number of anilines is 1. The molecule has 1 fully saturated rings. The summed E-state index contributed by atoms with van der Waals surface area (Å²) in [4.78, 5) is 9.11. The fourth-order valence-electron chi connectivity index (χ4n) is 3.69. The molecule has 108 valence electrons. The summed E-state index contributed by atoms with van der Waals surface area (Å²) in [6.07, 6.45) is 6.95. The molecule has 1 aliphatic carbocycles. The zero-order chi connectivity index (χ0) is 14.3. The fourth-order valence-corrected chi connectivity index (χ4v) is 3.69. The molecule has 1 saturated carbocycles. The second-order valence-electron chi connectivity index (χ2n) is 6.40. The number of pyridine rings is 1. The van der Waals surface area contributed by atoms with Gasteiger partial charge in [-0.25, -0.2) is 9.97 Å². The Labute approximate surface area is 120 Å². The van der Waals surface area contributed by atoms with E-state index < -0.39 is 0 Å². The Morgan fingerprint density at radius 3 is 2.80 bits per heavy atom. The van der Waals surface area contributed by atoms with Gasteiger partial charge in [-0.3, -0.25) is 4.57 Å². The molecule has 0 spiro atoms. The van der Waals surface area contributed by atoms with Crippen LogP contribution in [0.15, 0.2) is 12.3 Å². The van der Waals surface area contributed by atoms with E-state index in [1.807, 2.05) is 12.3 Å². The van der Waals surface area contributed by atoms with Crippen molar-refractivity contribution in [3.63, 3.8) is 0 Å². The van der Waals surface area contributed by atoms with Crippen LogP contribution in [-0.2, 0) is 0 Å². The van der Waals surface area contributed by atoms with Crippen LogP contribution in [0.2, 0.25) is 0 Å². The molecule has 4 nitrogen and oxygen atoms in total. The molecule has 2 atom stereocenters. The number of aryl methyl sites for hydroxylation is 1. The lowest BCUT2D eigenvalue weighted by Crippen LogP contribution is -2.28. The minimum atomic E-state index is 0.447. The van der Waals surface area contributed by atoms with E-state index in [4.69, 9.17) is 5.73 Å². The van der Waals surface area contributed by atoms with Crippen LogP contribution in [0.5, 0.6) is 0 Å². The van der Waals surface area contributed by atoms with Gasteiger partial charge in [0.1, 0.15) is 5.52 Å². The Hall–Kier alpha value is -1.58. The van der Waals surface area contributed by atoms with Crippen molar-refractivity contribution >= 4 is 17.1 Å². The Morgan fingerprint density at radius 1 is 1.30 bits per heavy atom. The van der Waals surface area contributed by atoms with Crippen LogP contribution in [0.3, 0.4) is 0 Å². The van der Waals surface area contributed by atoms with Gasteiger partial charge in [-0.05, 0) is 43.2 Å². The molecule has 2 aromatic rings. The van der Waals surface area contributed by atoms with Gasteiger partial charge >= 0.3 is 0 Å². The normalized spacial score (nSPS) is 23.6. The molecule has 0 aromatic carbocycles. The summed E-state index contributed by atoms with van der Waals surface area (Å²) in [5, 5.41) is 0. The predicted octanol–water partition coefficient (Wildman–Crippen LogP) is 3.71. The lowest BCUT2D eigenvalue weighted by Gasteiger charge is -2.35. The highest BCUT2D eigenvalue weighted by molar-refractivity contribution is 5.77. The maximum Gasteiger partial charge on any atom is 0.202 e. The smallest absolute Gasteiger partial charge is 0.202 e. The maximum absolute atomic E-state index is 6.23. The number of rotatable bonds is 2. The number of hydrogen-bond acceptors (Lipinski definition) is 3. The molecule has 2 unspecified atom stereocenters. The van der Waals surface area contributed by atoms with E-state index in [1.165, 1.54) is 25.7 Å². The second kappa shape index (κ2) is 5.08. The molecule has 0 amide bonds. The lowest BCUT2D eigenvalue weighted by molar-refractivity contribution is 0.189. The van der Waals surface area contributed by atoms with Crippen molar-refractivity contribution < 1.29 is 0 Å². The average Bonchev–Trinajstić information content (AvgIpc) is 2.76. The topological polar surface area (TPSA) is 56.7 Å². The minimum Gasteiger partial charge on any atom is -0.369 e. The largest absolute Gasteiger partial charge is 0.369 e. The van der Waals surface area contributed by atoms with Crippen LogP contribution in [0.1, 0.15) is 51.1 Å². The van der Waals surface area contributed by atoms with Gasteiger partial charge in [-0.1, -0.05) is 26.7 Å². The van der Waals surface area contributed by atoms with E-state index in [9.17, 15) is 0 Å². The second-order valence-corrected chi connectivity index (χ2v) is 6.40. The number of nitrogens with zero attached hydrogens (tertiary/aromatic N) is 3. The van der Waals surface area contributed by atoms with Crippen LogP contribution in [0, 0.1) is 18.8 Å². The summed E-state index contributed by atoms with van der Waals surface area (Å²) in [6, 6.07) is 2.45. The predicted molar refractivity (Wildman–Crippen MR) is 82.5 cm³/mol. The maximum atomic E-state index is 6.23. The van der Waals surface area contributed by atoms with Gasteiger partial charge in [-0.2, -0.15) is 0 Å². The first-order valence-corrected chi connectivity index (χ1v) is 7.68. The molecule has 4 heteroatoms. The van der Waals surface area contributed by atoms with Crippen molar-refractivity contribution in [1.29, 1.82) is 0 Å². The highest BCUT2D eigenvalue weighted by Gasteiger charge is 2.31. The molecule has 3 rings (SSSR count). The molecule has 0 radical (unpaired) electrons. The monoisotopic (exact) mass is 272 g/mol. The Balaban J connectivity index is 2.13. The molecule has 0 bridgehead atoms. The minimum absolute atomic E-state index is 0.447. The quantitative estimate of drug-likeness (QED) is 0.906. The molecule has 2 N–H and O–H groups in total. The summed E-state index contributed by atoms with van der Waals surface area (Å²) >= 11 is 0. The first-order chi connectivity index (χ1) is 9.59. The lowest BCUT2D eigenvalue weighted by atomic mass is 9.77. The van der Waals surface area contributed by atoms with Crippen molar-refractivity contribution in [3.8, 4) is 0 Å². The molecule has 0 saturated heterocycles. The third-order valence-electron chi connectivity index (χ3n) is 4.78.